The summed E-state index contributed by atoms with van der Waals surface area (Å²) in [6.45, 7) is 0.614. The van der Waals surface area contributed by atoms with E-state index in [1.807, 2.05) is 42.5 Å². The molecule has 0 bridgehead atoms. The van der Waals surface area contributed by atoms with E-state index < -0.39 is 6.04 Å². The van der Waals surface area contributed by atoms with Gasteiger partial charge in [0.25, 0.3) is 0 Å². The van der Waals surface area contributed by atoms with E-state index in [0.717, 1.165) is 29.5 Å². The fraction of sp³-hybridized carbons (Fsp3) is 0.364. The van der Waals surface area contributed by atoms with Crippen molar-refractivity contribution in [2.75, 3.05) is 20.8 Å². The lowest BCUT2D eigenvalue weighted by Crippen LogP contribution is -2.46. The van der Waals surface area contributed by atoms with Gasteiger partial charge in [0.2, 0.25) is 5.91 Å². The molecular formula is C22H25N3O3. The van der Waals surface area contributed by atoms with Crippen molar-refractivity contribution in [2.45, 2.75) is 31.3 Å². The third-order valence-electron chi connectivity index (χ3n) is 5.13. The molecule has 0 aromatic heterocycles. The molecule has 0 radical (unpaired) electrons. The first-order valence-corrected chi connectivity index (χ1v) is 9.34. The summed E-state index contributed by atoms with van der Waals surface area (Å²) in [6, 6.07) is 14.9. The fourth-order valence-corrected chi connectivity index (χ4v) is 3.57. The molecule has 0 aliphatic carbocycles. The maximum absolute atomic E-state index is 12.6. The molecule has 1 aliphatic rings. The van der Waals surface area contributed by atoms with Crippen LogP contribution in [0.25, 0.3) is 11.1 Å². The molecular weight excluding hydrogens is 354 g/mol. The Bertz CT molecular complexity index is 874. The van der Waals surface area contributed by atoms with Gasteiger partial charge in [-0.1, -0.05) is 30.3 Å². The SMILES string of the molecule is COc1ccc(-c2ccc(C[C@H](N)C(=O)N3CCC[C@H]3C#N)cc2)cc1OC. The first kappa shape index (κ1) is 19.7. The number of hydrogen-bond donors (Lipinski definition) is 1. The predicted molar refractivity (Wildman–Crippen MR) is 107 cm³/mol. The van der Waals surface area contributed by atoms with Crippen LogP contribution in [0.15, 0.2) is 42.5 Å². The number of nitriles is 1. The Morgan fingerprint density at radius 3 is 2.50 bits per heavy atom. The van der Waals surface area contributed by atoms with E-state index in [1.165, 1.54) is 0 Å². The van der Waals surface area contributed by atoms with E-state index in [9.17, 15) is 4.79 Å². The molecule has 146 valence electrons. The number of hydrogen-bond acceptors (Lipinski definition) is 5. The molecule has 2 atom stereocenters. The smallest absolute Gasteiger partial charge is 0.240 e. The minimum atomic E-state index is -0.638. The monoisotopic (exact) mass is 379 g/mol. The number of likely N-dealkylation sites (tertiary alicyclic amines) is 1. The molecule has 1 fully saturated rings. The van der Waals surface area contributed by atoms with Crippen molar-refractivity contribution in [1.82, 2.24) is 4.90 Å². The molecule has 28 heavy (non-hydrogen) atoms. The molecule has 0 saturated carbocycles. The highest BCUT2D eigenvalue weighted by atomic mass is 16.5. The standard InChI is InChI=1S/C22H25N3O3/c1-27-20-10-9-17(13-21(20)28-2)16-7-5-15(6-8-16)12-19(24)22(26)25-11-3-4-18(25)14-23/h5-10,13,18-19H,3-4,11-12,24H2,1-2H3/t18-,19-/m0/s1. The quantitative estimate of drug-likeness (QED) is 0.834. The Balaban J connectivity index is 1.69. The van der Waals surface area contributed by atoms with Gasteiger partial charge in [0.1, 0.15) is 6.04 Å². The van der Waals surface area contributed by atoms with Crippen LogP contribution in [0.5, 0.6) is 11.5 Å². The number of rotatable bonds is 6. The number of nitrogens with two attached hydrogens (primary N) is 1. The van der Waals surface area contributed by atoms with Crippen LogP contribution in [0.3, 0.4) is 0 Å². The van der Waals surface area contributed by atoms with Crippen molar-refractivity contribution in [3.05, 3.63) is 48.0 Å². The van der Waals surface area contributed by atoms with Crippen LogP contribution in [-0.4, -0.2) is 43.7 Å². The number of carbonyl (C=O) groups is 1. The van der Waals surface area contributed by atoms with E-state index in [-0.39, 0.29) is 11.9 Å². The Labute approximate surface area is 165 Å². The summed E-state index contributed by atoms with van der Waals surface area (Å²) in [7, 11) is 3.22. The number of nitrogens with zero attached hydrogens (tertiary/aromatic N) is 2. The molecule has 2 aromatic carbocycles. The van der Waals surface area contributed by atoms with E-state index in [0.29, 0.717) is 24.5 Å². The fourth-order valence-electron chi connectivity index (χ4n) is 3.57. The van der Waals surface area contributed by atoms with Gasteiger partial charge in [-0.3, -0.25) is 4.79 Å². The van der Waals surface area contributed by atoms with Crippen LogP contribution in [-0.2, 0) is 11.2 Å². The van der Waals surface area contributed by atoms with Crippen molar-refractivity contribution >= 4 is 5.91 Å². The molecule has 0 spiro atoms. The summed E-state index contributed by atoms with van der Waals surface area (Å²) in [5, 5.41) is 9.16. The lowest BCUT2D eigenvalue weighted by molar-refractivity contribution is -0.132. The first-order chi connectivity index (χ1) is 13.6. The van der Waals surface area contributed by atoms with E-state index in [2.05, 4.69) is 6.07 Å². The molecule has 1 heterocycles. The number of benzene rings is 2. The number of ether oxygens (including phenoxy) is 2. The molecule has 0 unspecified atom stereocenters. The second-order valence-electron chi connectivity index (χ2n) is 6.90. The third-order valence-corrected chi connectivity index (χ3v) is 5.13. The topological polar surface area (TPSA) is 88.6 Å². The van der Waals surface area contributed by atoms with E-state index in [4.69, 9.17) is 20.5 Å². The zero-order valence-electron chi connectivity index (χ0n) is 16.2. The number of carbonyl (C=O) groups excluding carboxylic acids is 1. The van der Waals surface area contributed by atoms with E-state index in [1.54, 1.807) is 19.1 Å². The van der Waals surface area contributed by atoms with Crippen molar-refractivity contribution in [1.29, 1.82) is 5.26 Å². The molecule has 2 aromatic rings. The van der Waals surface area contributed by atoms with Crippen LogP contribution >= 0.6 is 0 Å². The van der Waals surface area contributed by atoms with Crippen LogP contribution in [0.2, 0.25) is 0 Å². The van der Waals surface area contributed by atoms with Gasteiger partial charge in [-0.05, 0) is 48.1 Å². The summed E-state index contributed by atoms with van der Waals surface area (Å²) in [6.07, 6.45) is 2.03. The van der Waals surface area contributed by atoms with Gasteiger partial charge in [-0.25, -0.2) is 0 Å². The van der Waals surface area contributed by atoms with Gasteiger partial charge in [-0.15, -0.1) is 0 Å². The summed E-state index contributed by atoms with van der Waals surface area (Å²) >= 11 is 0. The second kappa shape index (κ2) is 8.77. The molecule has 1 saturated heterocycles. The van der Waals surface area contributed by atoms with Gasteiger partial charge in [-0.2, -0.15) is 5.26 Å². The highest BCUT2D eigenvalue weighted by Gasteiger charge is 2.31. The van der Waals surface area contributed by atoms with E-state index >= 15 is 0 Å². The zero-order valence-corrected chi connectivity index (χ0v) is 16.2. The lowest BCUT2D eigenvalue weighted by Gasteiger charge is -2.23. The van der Waals surface area contributed by atoms with Crippen LogP contribution < -0.4 is 15.2 Å². The molecule has 6 nitrogen and oxygen atoms in total. The molecule has 1 amide bonds. The Hall–Kier alpha value is -3.04. The largest absolute Gasteiger partial charge is 0.493 e. The summed E-state index contributed by atoms with van der Waals surface area (Å²) in [4.78, 5) is 14.2. The van der Waals surface area contributed by atoms with Gasteiger partial charge >= 0.3 is 0 Å². The van der Waals surface area contributed by atoms with Crippen molar-refractivity contribution in [3.8, 4) is 28.7 Å². The minimum absolute atomic E-state index is 0.145. The highest BCUT2D eigenvalue weighted by molar-refractivity contribution is 5.83. The Morgan fingerprint density at radius 1 is 1.18 bits per heavy atom. The molecule has 3 rings (SSSR count). The first-order valence-electron chi connectivity index (χ1n) is 9.34. The van der Waals surface area contributed by atoms with Gasteiger partial charge in [0.15, 0.2) is 11.5 Å². The predicted octanol–water partition coefficient (Wildman–Crippen LogP) is 2.76. The minimum Gasteiger partial charge on any atom is -0.493 e. The maximum Gasteiger partial charge on any atom is 0.240 e. The second-order valence-corrected chi connectivity index (χ2v) is 6.90. The lowest BCUT2D eigenvalue weighted by atomic mass is 10.00. The third kappa shape index (κ3) is 4.10. The maximum atomic E-state index is 12.6. The van der Waals surface area contributed by atoms with Gasteiger partial charge in [0, 0.05) is 6.54 Å². The van der Waals surface area contributed by atoms with Crippen LogP contribution in [0.1, 0.15) is 18.4 Å². The number of methoxy groups -OCH3 is 2. The average Bonchev–Trinajstić information content (AvgIpc) is 3.22. The summed E-state index contributed by atoms with van der Waals surface area (Å²) in [5.74, 6) is 1.22. The van der Waals surface area contributed by atoms with Crippen LogP contribution in [0.4, 0.5) is 0 Å². The van der Waals surface area contributed by atoms with Gasteiger partial charge in [0.05, 0.1) is 26.3 Å². The van der Waals surface area contributed by atoms with Crippen molar-refractivity contribution in [3.63, 3.8) is 0 Å². The Morgan fingerprint density at radius 2 is 1.86 bits per heavy atom. The summed E-state index contributed by atoms with van der Waals surface area (Å²) in [5.41, 5.74) is 9.17. The molecule has 6 heteroatoms. The zero-order chi connectivity index (χ0) is 20.1. The molecule has 2 N–H and O–H groups in total. The van der Waals surface area contributed by atoms with Crippen molar-refractivity contribution in [2.24, 2.45) is 5.73 Å². The summed E-state index contributed by atoms with van der Waals surface area (Å²) < 4.78 is 10.6. The molecule has 1 aliphatic heterocycles. The van der Waals surface area contributed by atoms with Gasteiger partial charge < -0.3 is 20.1 Å². The highest BCUT2D eigenvalue weighted by Crippen LogP contribution is 2.32. The Kier molecular flexibility index (Phi) is 6.17. The van der Waals surface area contributed by atoms with Crippen LogP contribution in [0, 0.1) is 11.3 Å². The normalized spacial score (nSPS) is 17.1. The number of amides is 1. The average molecular weight is 379 g/mol. The van der Waals surface area contributed by atoms with Crippen molar-refractivity contribution < 1.29 is 14.3 Å².